The summed E-state index contributed by atoms with van der Waals surface area (Å²) < 4.78 is 1.02. The SMILES string of the molecule is CCNc1ncnc(N2CCCC2C2CCCC2)c1Br. The van der Waals surface area contributed by atoms with Crippen molar-refractivity contribution in [2.24, 2.45) is 5.92 Å². The fourth-order valence-electron chi connectivity index (χ4n) is 3.74. The Balaban J connectivity index is 1.85. The van der Waals surface area contributed by atoms with Crippen LogP contribution in [0.2, 0.25) is 0 Å². The minimum absolute atomic E-state index is 0.679. The van der Waals surface area contributed by atoms with Gasteiger partial charge in [-0.3, -0.25) is 0 Å². The van der Waals surface area contributed by atoms with Crippen molar-refractivity contribution >= 4 is 27.6 Å². The third-order valence-corrected chi connectivity index (χ3v) is 5.36. The number of halogens is 1. The smallest absolute Gasteiger partial charge is 0.148 e. The second-order valence-electron chi connectivity index (χ2n) is 5.84. The van der Waals surface area contributed by atoms with Crippen LogP contribution in [0.4, 0.5) is 11.6 Å². The van der Waals surface area contributed by atoms with E-state index < -0.39 is 0 Å². The Morgan fingerprint density at radius 2 is 2.05 bits per heavy atom. The van der Waals surface area contributed by atoms with Gasteiger partial charge >= 0.3 is 0 Å². The van der Waals surface area contributed by atoms with Crippen LogP contribution >= 0.6 is 15.9 Å². The molecule has 1 aliphatic heterocycles. The van der Waals surface area contributed by atoms with Crippen LogP contribution in [0.25, 0.3) is 0 Å². The first-order chi connectivity index (χ1) is 9.81. The Hall–Kier alpha value is -0.840. The molecule has 0 amide bonds. The Morgan fingerprint density at radius 1 is 1.25 bits per heavy atom. The van der Waals surface area contributed by atoms with Crippen LogP contribution in [0.15, 0.2) is 10.8 Å². The minimum atomic E-state index is 0.679. The Bertz CT molecular complexity index is 459. The maximum atomic E-state index is 4.55. The average Bonchev–Trinajstić information content (AvgIpc) is 3.10. The first-order valence-electron chi connectivity index (χ1n) is 7.82. The highest BCUT2D eigenvalue weighted by atomic mass is 79.9. The molecular formula is C15H23BrN4. The molecular weight excluding hydrogens is 316 g/mol. The third-order valence-electron chi connectivity index (χ3n) is 4.63. The summed E-state index contributed by atoms with van der Waals surface area (Å²) in [6.07, 6.45) is 9.88. The number of aromatic nitrogens is 2. The lowest BCUT2D eigenvalue weighted by atomic mass is 9.96. The number of hydrogen-bond donors (Lipinski definition) is 1. The predicted molar refractivity (Wildman–Crippen MR) is 86.2 cm³/mol. The third kappa shape index (κ3) is 2.65. The molecule has 2 heterocycles. The van der Waals surface area contributed by atoms with Crippen LogP contribution in [-0.2, 0) is 0 Å². The lowest BCUT2D eigenvalue weighted by molar-refractivity contribution is 0.429. The highest BCUT2D eigenvalue weighted by Crippen LogP contribution is 2.40. The molecule has 1 saturated heterocycles. The summed E-state index contributed by atoms with van der Waals surface area (Å²) in [6, 6.07) is 0.679. The molecule has 2 aliphatic rings. The van der Waals surface area contributed by atoms with Gasteiger partial charge in [-0.05, 0) is 54.5 Å². The molecule has 1 saturated carbocycles. The van der Waals surface area contributed by atoms with E-state index in [4.69, 9.17) is 0 Å². The molecule has 0 bridgehead atoms. The largest absolute Gasteiger partial charge is 0.369 e. The van der Waals surface area contributed by atoms with Crippen molar-refractivity contribution in [2.75, 3.05) is 23.3 Å². The normalized spacial score (nSPS) is 23.5. The first-order valence-corrected chi connectivity index (χ1v) is 8.61. The minimum Gasteiger partial charge on any atom is -0.369 e. The lowest BCUT2D eigenvalue weighted by Gasteiger charge is -2.31. The van der Waals surface area contributed by atoms with Gasteiger partial charge in [-0.15, -0.1) is 0 Å². The molecule has 20 heavy (non-hydrogen) atoms. The van der Waals surface area contributed by atoms with E-state index in [9.17, 15) is 0 Å². The molecule has 0 radical (unpaired) electrons. The molecule has 1 aromatic rings. The molecule has 5 heteroatoms. The van der Waals surface area contributed by atoms with Crippen LogP contribution < -0.4 is 10.2 Å². The molecule has 1 aromatic heterocycles. The van der Waals surface area contributed by atoms with Crippen LogP contribution in [0.5, 0.6) is 0 Å². The first kappa shape index (κ1) is 14.1. The van der Waals surface area contributed by atoms with E-state index in [0.29, 0.717) is 6.04 Å². The van der Waals surface area contributed by atoms with Gasteiger partial charge in [0.25, 0.3) is 0 Å². The molecule has 1 aliphatic carbocycles. The average molecular weight is 339 g/mol. The molecule has 4 nitrogen and oxygen atoms in total. The fraction of sp³-hybridized carbons (Fsp3) is 0.733. The molecule has 0 aromatic carbocycles. The van der Waals surface area contributed by atoms with Gasteiger partial charge in [0.05, 0.1) is 0 Å². The van der Waals surface area contributed by atoms with E-state index in [1.54, 1.807) is 6.33 Å². The summed E-state index contributed by atoms with van der Waals surface area (Å²) in [5.41, 5.74) is 0. The highest BCUT2D eigenvalue weighted by molar-refractivity contribution is 9.10. The molecule has 2 fully saturated rings. The maximum Gasteiger partial charge on any atom is 0.148 e. The van der Waals surface area contributed by atoms with E-state index >= 15 is 0 Å². The predicted octanol–water partition coefficient (Wildman–Crippen LogP) is 3.83. The van der Waals surface area contributed by atoms with E-state index in [-0.39, 0.29) is 0 Å². The Kier molecular flexibility index (Phi) is 4.44. The van der Waals surface area contributed by atoms with Crippen molar-refractivity contribution < 1.29 is 0 Å². The number of nitrogens with zero attached hydrogens (tertiary/aromatic N) is 3. The standard InChI is InChI=1S/C15H23BrN4/c1-2-17-14-13(16)15(19-10-18-14)20-9-5-8-12(20)11-6-3-4-7-11/h10-12H,2-9H2,1H3,(H,17,18,19). The molecule has 1 unspecified atom stereocenters. The molecule has 1 atom stereocenters. The van der Waals surface area contributed by atoms with Crippen molar-refractivity contribution in [2.45, 2.75) is 51.5 Å². The van der Waals surface area contributed by atoms with E-state index in [0.717, 1.165) is 35.1 Å². The quantitative estimate of drug-likeness (QED) is 0.905. The summed E-state index contributed by atoms with van der Waals surface area (Å²) in [6.45, 7) is 4.09. The zero-order chi connectivity index (χ0) is 13.9. The summed E-state index contributed by atoms with van der Waals surface area (Å²) in [5.74, 6) is 2.85. The fourth-order valence-corrected chi connectivity index (χ4v) is 4.31. The molecule has 1 N–H and O–H groups in total. The van der Waals surface area contributed by atoms with Gasteiger partial charge in [0, 0.05) is 19.1 Å². The summed E-state index contributed by atoms with van der Waals surface area (Å²) in [7, 11) is 0. The van der Waals surface area contributed by atoms with Crippen LogP contribution in [0.1, 0.15) is 45.4 Å². The number of hydrogen-bond acceptors (Lipinski definition) is 4. The van der Waals surface area contributed by atoms with Gasteiger partial charge in [-0.1, -0.05) is 12.8 Å². The van der Waals surface area contributed by atoms with E-state index in [2.05, 4.69) is 43.0 Å². The van der Waals surface area contributed by atoms with E-state index in [1.165, 1.54) is 38.5 Å². The van der Waals surface area contributed by atoms with Gasteiger partial charge in [0.2, 0.25) is 0 Å². The summed E-state index contributed by atoms with van der Waals surface area (Å²) >= 11 is 3.70. The molecule has 3 rings (SSSR count). The summed E-state index contributed by atoms with van der Waals surface area (Å²) in [5, 5.41) is 3.30. The van der Waals surface area contributed by atoms with Gasteiger partial charge in [0.15, 0.2) is 0 Å². The van der Waals surface area contributed by atoms with Crippen LogP contribution in [0.3, 0.4) is 0 Å². The summed E-state index contributed by atoms with van der Waals surface area (Å²) in [4.78, 5) is 11.4. The Labute approximate surface area is 129 Å². The van der Waals surface area contributed by atoms with Crippen molar-refractivity contribution in [1.29, 1.82) is 0 Å². The second kappa shape index (κ2) is 6.29. The van der Waals surface area contributed by atoms with Crippen molar-refractivity contribution in [1.82, 2.24) is 9.97 Å². The van der Waals surface area contributed by atoms with Gasteiger partial charge in [-0.25, -0.2) is 9.97 Å². The Morgan fingerprint density at radius 3 is 2.80 bits per heavy atom. The van der Waals surface area contributed by atoms with Crippen molar-refractivity contribution in [3.63, 3.8) is 0 Å². The van der Waals surface area contributed by atoms with Gasteiger partial charge in [-0.2, -0.15) is 0 Å². The van der Waals surface area contributed by atoms with Gasteiger partial charge in [0.1, 0.15) is 22.4 Å². The highest BCUT2D eigenvalue weighted by Gasteiger charge is 2.35. The van der Waals surface area contributed by atoms with Crippen LogP contribution in [0, 0.1) is 5.92 Å². The molecule has 110 valence electrons. The number of rotatable bonds is 4. The van der Waals surface area contributed by atoms with Crippen molar-refractivity contribution in [3.8, 4) is 0 Å². The lowest BCUT2D eigenvalue weighted by Crippen LogP contribution is -2.35. The number of anilines is 2. The monoisotopic (exact) mass is 338 g/mol. The van der Waals surface area contributed by atoms with E-state index in [1.807, 2.05) is 0 Å². The topological polar surface area (TPSA) is 41.1 Å². The number of nitrogens with one attached hydrogen (secondary N) is 1. The zero-order valence-corrected chi connectivity index (χ0v) is 13.7. The van der Waals surface area contributed by atoms with Crippen molar-refractivity contribution in [3.05, 3.63) is 10.8 Å². The second-order valence-corrected chi connectivity index (χ2v) is 6.63. The molecule has 0 spiro atoms. The van der Waals surface area contributed by atoms with Gasteiger partial charge < -0.3 is 10.2 Å². The zero-order valence-electron chi connectivity index (χ0n) is 12.1. The maximum absolute atomic E-state index is 4.55. The van der Waals surface area contributed by atoms with Crippen LogP contribution in [-0.4, -0.2) is 29.1 Å².